The number of likely N-dealkylation sites (N-methyl/N-ethyl adjacent to an activating group) is 1. The lowest BCUT2D eigenvalue weighted by atomic mass is 10.0. The zero-order chi connectivity index (χ0) is 14.7. The van der Waals surface area contributed by atoms with Gasteiger partial charge in [0.05, 0.1) is 12.8 Å². The van der Waals surface area contributed by atoms with Crippen LogP contribution >= 0.6 is 11.3 Å². The van der Waals surface area contributed by atoms with E-state index < -0.39 is 0 Å². The largest absolute Gasteiger partial charge is 0.496 e. The van der Waals surface area contributed by atoms with Crippen LogP contribution in [-0.2, 0) is 12.8 Å². The monoisotopic (exact) mass is 301 g/mol. The summed E-state index contributed by atoms with van der Waals surface area (Å²) in [7, 11) is 3.72. The van der Waals surface area contributed by atoms with E-state index in [1.807, 2.05) is 25.4 Å². The number of imidazole rings is 1. The van der Waals surface area contributed by atoms with E-state index in [0.29, 0.717) is 6.04 Å². The van der Waals surface area contributed by atoms with Crippen LogP contribution in [0.1, 0.15) is 11.3 Å². The fourth-order valence-corrected chi connectivity index (χ4v) is 3.26. The number of aromatic nitrogens is 2. The molecule has 0 saturated carbocycles. The number of fused-ring (bicyclic) bond motifs is 1. The van der Waals surface area contributed by atoms with Gasteiger partial charge in [-0.25, -0.2) is 4.98 Å². The van der Waals surface area contributed by atoms with Gasteiger partial charge >= 0.3 is 0 Å². The zero-order valence-corrected chi connectivity index (χ0v) is 13.1. The van der Waals surface area contributed by atoms with Crippen molar-refractivity contribution in [1.82, 2.24) is 14.7 Å². The van der Waals surface area contributed by atoms with Crippen molar-refractivity contribution in [2.75, 3.05) is 14.2 Å². The first kappa shape index (κ1) is 14.1. The molecule has 0 aliphatic carbocycles. The van der Waals surface area contributed by atoms with Gasteiger partial charge in [-0.05, 0) is 25.1 Å². The van der Waals surface area contributed by atoms with Crippen molar-refractivity contribution in [2.45, 2.75) is 18.9 Å². The molecule has 0 bridgehead atoms. The molecule has 1 unspecified atom stereocenters. The van der Waals surface area contributed by atoms with Crippen LogP contribution in [0.3, 0.4) is 0 Å². The third kappa shape index (κ3) is 3.09. The second-order valence-electron chi connectivity index (χ2n) is 5.03. The maximum Gasteiger partial charge on any atom is 0.193 e. The Morgan fingerprint density at radius 3 is 2.95 bits per heavy atom. The lowest BCUT2D eigenvalue weighted by Crippen LogP contribution is -2.30. The SMILES string of the molecule is CNC(Cc1cn2ccsc2n1)Cc1ccccc1OC. The Kier molecular flexibility index (Phi) is 4.22. The Hall–Kier alpha value is -1.85. The Labute approximate surface area is 128 Å². The van der Waals surface area contributed by atoms with Gasteiger partial charge in [-0.1, -0.05) is 18.2 Å². The topological polar surface area (TPSA) is 38.6 Å². The lowest BCUT2D eigenvalue weighted by Gasteiger charge is -2.16. The van der Waals surface area contributed by atoms with Gasteiger partial charge in [-0.2, -0.15) is 0 Å². The highest BCUT2D eigenvalue weighted by Gasteiger charge is 2.13. The average Bonchev–Trinajstić information content (AvgIpc) is 3.08. The first-order chi connectivity index (χ1) is 10.3. The maximum atomic E-state index is 5.43. The van der Waals surface area contributed by atoms with E-state index >= 15 is 0 Å². The molecule has 0 radical (unpaired) electrons. The Balaban J connectivity index is 1.74. The van der Waals surface area contributed by atoms with E-state index in [-0.39, 0.29) is 0 Å². The molecule has 0 aliphatic rings. The smallest absolute Gasteiger partial charge is 0.193 e. The van der Waals surface area contributed by atoms with Crippen LogP contribution in [-0.4, -0.2) is 29.6 Å². The fraction of sp³-hybridized carbons (Fsp3) is 0.312. The van der Waals surface area contributed by atoms with E-state index in [0.717, 1.165) is 29.2 Å². The molecule has 1 N–H and O–H groups in total. The number of rotatable bonds is 6. The molecule has 1 aromatic carbocycles. The van der Waals surface area contributed by atoms with E-state index in [2.05, 4.69) is 38.4 Å². The van der Waals surface area contributed by atoms with Crippen LogP contribution in [0.25, 0.3) is 4.96 Å². The second kappa shape index (κ2) is 6.28. The van der Waals surface area contributed by atoms with Crippen LogP contribution in [0.15, 0.2) is 42.0 Å². The third-order valence-corrected chi connectivity index (χ3v) is 4.44. The predicted molar refractivity (Wildman–Crippen MR) is 86.3 cm³/mol. The molecular formula is C16H19N3OS. The molecule has 0 amide bonds. The number of benzene rings is 1. The van der Waals surface area contributed by atoms with Crippen LogP contribution in [0.4, 0.5) is 0 Å². The molecule has 21 heavy (non-hydrogen) atoms. The van der Waals surface area contributed by atoms with Gasteiger partial charge in [0, 0.05) is 30.2 Å². The molecule has 0 spiro atoms. The van der Waals surface area contributed by atoms with Gasteiger partial charge in [-0.3, -0.25) is 4.40 Å². The number of para-hydroxylation sites is 1. The van der Waals surface area contributed by atoms with Crippen LogP contribution in [0.5, 0.6) is 5.75 Å². The Morgan fingerprint density at radius 2 is 2.19 bits per heavy atom. The summed E-state index contributed by atoms with van der Waals surface area (Å²) >= 11 is 1.66. The molecule has 110 valence electrons. The first-order valence-electron chi connectivity index (χ1n) is 7.00. The number of ether oxygens (including phenoxy) is 1. The number of nitrogens with one attached hydrogen (secondary N) is 1. The summed E-state index contributed by atoms with van der Waals surface area (Å²) in [6, 6.07) is 8.52. The zero-order valence-electron chi connectivity index (χ0n) is 12.2. The maximum absolute atomic E-state index is 5.43. The van der Waals surface area contributed by atoms with Crippen molar-refractivity contribution in [1.29, 1.82) is 0 Å². The van der Waals surface area contributed by atoms with Gasteiger partial charge in [0.1, 0.15) is 5.75 Å². The highest BCUT2D eigenvalue weighted by molar-refractivity contribution is 7.15. The molecule has 0 fully saturated rings. The minimum absolute atomic E-state index is 0.339. The number of hydrogen-bond donors (Lipinski definition) is 1. The van der Waals surface area contributed by atoms with Crippen molar-refractivity contribution in [2.24, 2.45) is 0 Å². The summed E-state index contributed by atoms with van der Waals surface area (Å²) in [6.45, 7) is 0. The summed E-state index contributed by atoms with van der Waals surface area (Å²) < 4.78 is 7.51. The number of hydrogen-bond acceptors (Lipinski definition) is 4. The highest BCUT2D eigenvalue weighted by atomic mass is 32.1. The first-order valence-corrected chi connectivity index (χ1v) is 7.88. The van der Waals surface area contributed by atoms with Crippen molar-refractivity contribution < 1.29 is 4.74 Å². The highest BCUT2D eigenvalue weighted by Crippen LogP contribution is 2.20. The molecule has 4 nitrogen and oxygen atoms in total. The van der Waals surface area contributed by atoms with E-state index in [9.17, 15) is 0 Å². The molecule has 5 heteroatoms. The third-order valence-electron chi connectivity index (χ3n) is 3.67. The molecule has 3 aromatic rings. The predicted octanol–water partition coefficient (Wildman–Crippen LogP) is 2.78. The number of methoxy groups -OCH3 is 1. The van der Waals surface area contributed by atoms with E-state index in [4.69, 9.17) is 4.74 Å². The summed E-state index contributed by atoms with van der Waals surface area (Å²) in [4.78, 5) is 5.71. The minimum Gasteiger partial charge on any atom is -0.496 e. The van der Waals surface area contributed by atoms with E-state index in [1.54, 1.807) is 18.4 Å². The molecule has 0 saturated heterocycles. The number of thiazole rings is 1. The van der Waals surface area contributed by atoms with Gasteiger partial charge in [-0.15, -0.1) is 11.3 Å². The Morgan fingerprint density at radius 1 is 1.33 bits per heavy atom. The van der Waals surface area contributed by atoms with Gasteiger partial charge in [0.25, 0.3) is 0 Å². The number of nitrogens with zero attached hydrogens (tertiary/aromatic N) is 2. The fourth-order valence-electron chi connectivity index (χ4n) is 2.54. The summed E-state index contributed by atoms with van der Waals surface area (Å²) in [6.07, 6.45) is 5.98. The lowest BCUT2D eigenvalue weighted by molar-refractivity contribution is 0.405. The van der Waals surface area contributed by atoms with Crippen molar-refractivity contribution in [3.05, 3.63) is 53.3 Å². The summed E-state index contributed by atoms with van der Waals surface area (Å²) in [5, 5.41) is 5.44. The van der Waals surface area contributed by atoms with Crippen molar-refractivity contribution in [3.8, 4) is 5.75 Å². The molecule has 2 heterocycles. The molecule has 2 aromatic heterocycles. The van der Waals surface area contributed by atoms with Gasteiger partial charge in [0.2, 0.25) is 0 Å². The van der Waals surface area contributed by atoms with Gasteiger partial charge in [0.15, 0.2) is 4.96 Å². The van der Waals surface area contributed by atoms with Crippen LogP contribution < -0.4 is 10.1 Å². The summed E-state index contributed by atoms with van der Waals surface area (Å²) in [5.74, 6) is 0.948. The standard InChI is InChI=1S/C16H19N3OS/c1-17-13(9-12-5-3-4-6-15(12)20-2)10-14-11-19-7-8-21-16(19)18-14/h3-8,11,13,17H,9-10H2,1-2H3. The Bertz CT molecular complexity index is 690. The molecule has 0 aliphatic heterocycles. The molecule has 3 rings (SSSR count). The molecule has 1 atom stereocenters. The van der Waals surface area contributed by atoms with Gasteiger partial charge < -0.3 is 10.1 Å². The average molecular weight is 301 g/mol. The van der Waals surface area contributed by atoms with Crippen molar-refractivity contribution >= 4 is 16.3 Å². The van der Waals surface area contributed by atoms with Crippen LogP contribution in [0, 0.1) is 0 Å². The minimum atomic E-state index is 0.339. The second-order valence-corrected chi connectivity index (χ2v) is 5.90. The quantitative estimate of drug-likeness (QED) is 0.761. The van der Waals surface area contributed by atoms with Crippen molar-refractivity contribution in [3.63, 3.8) is 0 Å². The van der Waals surface area contributed by atoms with Crippen LogP contribution in [0.2, 0.25) is 0 Å². The summed E-state index contributed by atoms with van der Waals surface area (Å²) in [5.41, 5.74) is 2.34. The van der Waals surface area contributed by atoms with E-state index in [1.165, 1.54) is 5.56 Å². The molecular weight excluding hydrogens is 282 g/mol. The normalized spacial score (nSPS) is 12.7.